The van der Waals surface area contributed by atoms with E-state index in [0.29, 0.717) is 11.2 Å². The second kappa shape index (κ2) is 4.93. The maximum atomic E-state index is 9.74. The van der Waals surface area contributed by atoms with E-state index in [1.165, 1.54) is 63.7 Å². The first kappa shape index (κ1) is 12.0. The van der Waals surface area contributed by atoms with Crippen LogP contribution in [0.5, 0.6) is 5.75 Å². The molecule has 0 atom stereocenters. The predicted octanol–water partition coefficient (Wildman–Crippen LogP) is 3.30. The normalized spacial score (nSPS) is 23.6. The smallest absolute Gasteiger partial charge is 0.115 e. The minimum absolute atomic E-state index is 0.309. The minimum atomic E-state index is 0.309. The van der Waals surface area contributed by atoms with Gasteiger partial charge in [-0.25, -0.2) is 0 Å². The van der Waals surface area contributed by atoms with Crippen molar-refractivity contribution < 1.29 is 5.11 Å². The molecule has 1 heterocycles. The summed E-state index contributed by atoms with van der Waals surface area (Å²) in [6.45, 7) is 3.72. The highest BCUT2D eigenvalue weighted by atomic mass is 16.3. The Hall–Kier alpha value is -1.02. The van der Waals surface area contributed by atoms with Gasteiger partial charge in [-0.1, -0.05) is 25.0 Å². The summed E-state index contributed by atoms with van der Waals surface area (Å²) in [5.41, 5.74) is 1.66. The van der Waals surface area contributed by atoms with Gasteiger partial charge in [-0.05, 0) is 56.5 Å². The Bertz CT molecular complexity index is 403. The van der Waals surface area contributed by atoms with Gasteiger partial charge < -0.3 is 10.0 Å². The number of hydrogen-bond donors (Lipinski definition) is 1. The first-order chi connectivity index (χ1) is 8.78. The average Bonchev–Trinajstić information content (AvgIpc) is 3.02. The molecule has 3 rings (SSSR count). The molecule has 0 unspecified atom stereocenters. The average molecular weight is 245 g/mol. The van der Waals surface area contributed by atoms with Crippen LogP contribution in [0.4, 0.5) is 0 Å². The molecule has 1 aromatic carbocycles. The molecule has 0 bridgehead atoms. The lowest BCUT2D eigenvalue weighted by molar-refractivity contribution is 0.245. The first-order valence-electron chi connectivity index (χ1n) is 7.30. The van der Waals surface area contributed by atoms with Crippen molar-refractivity contribution in [2.24, 2.45) is 0 Å². The molecule has 1 N–H and O–H groups in total. The quantitative estimate of drug-likeness (QED) is 0.883. The zero-order valence-electron chi connectivity index (χ0n) is 11.1. The molecule has 0 aromatic heterocycles. The molecule has 1 aliphatic heterocycles. The molecule has 2 nitrogen and oxygen atoms in total. The van der Waals surface area contributed by atoms with Crippen LogP contribution in [0.1, 0.15) is 44.1 Å². The number of phenolic OH excluding ortho intramolecular Hbond substituents is 1. The van der Waals surface area contributed by atoms with Crippen molar-refractivity contribution in [3.8, 4) is 5.75 Å². The van der Waals surface area contributed by atoms with E-state index in [4.69, 9.17) is 0 Å². The van der Waals surface area contributed by atoms with Gasteiger partial charge >= 0.3 is 0 Å². The fourth-order valence-electron chi connectivity index (χ4n) is 3.79. The van der Waals surface area contributed by atoms with Crippen molar-refractivity contribution in [3.63, 3.8) is 0 Å². The van der Waals surface area contributed by atoms with Crippen LogP contribution >= 0.6 is 0 Å². The lowest BCUT2D eigenvalue weighted by Crippen LogP contribution is -2.37. The van der Waals surface area contributed by atoms with Gasteiger partial charge in [0, 0.05) is 12.0 Å². The van der Waals surface area contributed by atoms with Crippen LogP contribution in [0.2, 0.25) is 0 Å². The fraction of sp³-hybridized carbons (Fsp3) is 0.625. The van der Waals surface area contributed by atoms with Crippen LogP contribution in [-0.4, -0.2) is 29.6 Å². The van der Waals surface area contributed by atoms with E-state index in [2.05, 4.69) is 11.0 Å². The number of phenols is 1. The van der Waals surface area contributed by atoms with E-state index in [9.17, 15) is 5.11 Å². The van der Waals surface area contributed by atoms with Gasteiger partial charge in [-0.3, -0.25) is 0 Å². The Morgan fingerprint density at radius 2 is 1.78 bits per heavy atom. The molecule has 1 saturated carbocycles. The number of rotatable bonds is 3. The monoisotopic (exact) mass is 245 g/mol. The van der Waals surface area contributed by atoms with Crippen LogP contribution in [-0.2, 0) is 5.41 Å². The van der Waals surface area contributed by atoms with E-state index >= 15 is 0 Å². The van der Waals surface area contributed by atoms with Gasteiger partial charge in [-0.15, -0.1) is 0 Å². The summed E-state index contributed by atoms with van der Waals surface area (Å²) in [5, 5.41) is 9.74. The molecule has 0 spiro atoms. The first-order valence-corrected chi connectivity index (χ1v) is 7.30. The maximum absolute atomic E-state index is 9.74. The highest BCUT2D eigenvalue weighted by Crippen LogP contribution is 2.42. The maximum Gasteiger partial charge on any atom is 0.115 e. The summed E-state index contributed by atoms with van der Waals surface area (Å²) < 4.78 is 0. The second-order valence-corrected chi connectivity index (χ2v) is 6.02. The highest BCUT2D eigenvalue weighted by Gasteiger charge is 2.37. The van der Waals surface area contributed by atoms with Crippen molar-refractivity contribution in [3.05, 3.63) is 29.8 Å². The van der Waals surface area contributed by atoms with Gasteiger partial charge in [-0.2, -0.15) is 0 Å². The van der Waals surface area contributed by atoms with Gasteiger partial charge in [0.05, 0.1) is 0 Å². The third-order valence-corrected chi connectivity index (χ3v) is 4.74. The molecule has 18 heavy (non-hydrogen) atoms. The molecular weight excluding hydrogens is 222 g/mol. The Labute approximate surface area is 110 Å². The lowest BCUT2D eigenvalue weighted by Gasteiger charge is -2.34. The predicted molar refractivity (Wildman–Crippen MR) is 73.9 cm³/mol. The van der Waals surface area contributed by atoms with Gasteiger partial charge in [0.15, 0.2) is 0 Å². The van der Waals surface area contributed by atoms with Crippen LogP contribution < -0.4 is 0 Å². The largest absolute Gasteiger partial charge is 0.508 e. The van der Waals surface area contributed by atoms with Crippen molar-refractivity contribution >= 4 is 0 Å². The van der Waals surface area contributed by atoms with Gasteiger partial charge in [0.25, 0.3) is 0 Å². The number of nitrogens with zero attached hydrogens (tertiary/aromatic N) is 1. The lowest BCUT2D eigenvalue weighted by atomic mass is 9.78. The van der Waals surface area contributed by atoms with Gasteiger partial charge in [0.1, 0.15) is 5.75 Å². The third kappa shape index (κ3) is 2.26. The fourth-order valence-corrected chi connectivity index (χ4v) is 3.79. The number of benzene rings is 1. The summed E-state index contributed by atoms with van der Waals surface area (Å²) in [6.07, 6.45) is 7.96. The van der Waals surface area contributed by atoms with Crippen LogP contribution in [0.3, 0.4) is 0 Å². The Balaban J connectivity index is 1.85. The van der Waals surface area contributed by atoms with Crippen molar-refractivity contribution in [1.82, 2.24) is 4.90 Å². The zero-order valence-corrected chi connectivity index (χ0v) is 11.1. The highest BCUT2D eigenvalue weighted by molar-refractivity contribution is 5.34. The molecule has 2 aliphatic rings. The van der Waals surface area contributed by atoms with E-state index in [-0.39, 0.29) is 0 Å². The van der Waals surface area contributed by atoms with E-state index in [1.807, 2.05) is 12.1 Å². The number of likely N-dealkylation sites (tertiary alicyclic amines) is 1. The molecule has 1 aliphatic carbocycles. The SMILES string of the molecule is Oc1cccc(C2(CN3CCCC3)CCCC2)c1. The summed E-state index contributed by atoms with van der Waals surface area (Å²) in [6, 6.07) is 7.97. The molecule has 0 amide bonds. The molecular formula is C16H23NO. The summed E-state index contributed by atoms with van der Waals surface area (Å²) in [5.74, 6) is 0.417. The summed E-state index contributed by atoms with van der Waals surface area (Å²) in [7, 11) is 0. The molecule has 1 aromatic rings. The Morgan fingerprint density at radius 3 is 2.44 bits per heavy atom. The molecule has 1 saturated heterocycles. The summed E-state index contributed by atoms with van der Waals surface area (Å²) in [4.78, 5) is 2.62. The topological polar surface area (TPSA) is 23.5 Å². The van der Waals surface area contributed by atoms with E-state index in [0.717, 1.165) is 0 Å². The third-order valence-electron chi connectivity index (χ3n) is 4.74. The van der Waals surface area contributed by atoms with Crippen molar-refractivity contribution in [2.75, 3.05) is 19.6 Å². The standard InChI is InChI=1S/C16H23NO/c18-15-7-5-6-14(12-15)16(8-1-2-9-16)13-17-10-3-4-11-17/h5-7,12,18H,1-4,8-11,13H2. The van der Waals surface area contributed by atoms with Crippen LogP contribution in [0.15, 0.2) is 24.3 Å². The van der Waals surface area contributed by atoms with Crippen molar-refractivity contribution in [1.29, 1.82) is 0 Å². The van der Waals surface area contributed by atoms with Gasteiger partial charge in [0.2, 0.25) is 0 Å². The van der Waals surface area contributed by atoms with Crippen LogP contribution in [0, 0.1) is 0 Å². The van der Waals surface area contributed by atoms with Crippen LogP contribution in [0.25, 0.3) is 0 Å². The number of aromatic hydroxyl groups is 1. The number of hydrogen-bond acceptors (Lipinski definition) is 2. The molecule has 98 valence electrons. The Kier molecular flexibility index (Phi) is 3.29. The van der Waals surface area contributed by atoms with E-state index < -0.39 is 0 Å². The summed E-state index contributed by atoms with van der Waals surface area (Å²) >= 11 is 0. The Morgan fingerprint density at radius 1 is 1.06 bits per heavy atom. The minimum Gasteiger partial charge on any atom is -0.508 e. The molecule has 2 fully saturated rings. The van der Waals surface area contributed by atoms with E-state index in [1.54, 1.807) is 6.07 Å². The zero-order chi connectivity index (χ0) is 12.4. The molecule has 2 heteroatoms. The molecule has 0 radical (unpaired) electrons. The second-order valence-electron chi connectivity index (χ2n) is 6.02. The van der Waals surface area contributed by atoms with Crippen molar-refractivity contribution in [2.45, 2.75) is 43.9 Å².